The highest BCUT2D eigenvalue weighted by Crippen LogP contribution is 2.40. The Morgan fingerprint density at radius 3 is 2.54 bits per heavy atom. The number of hydrogen-bond donors (Lipinski definition) is 3. The fourth-order valence-electron chi connectivity index (χ4n) is 4.03. The number of para-hydroxylation sites is 2. The number of carboxylic acid groups (broad SMARTS) is 1. The lowest BCUT2D eigenvalue weighted by atomic mass is 10.0. The predicted molar refractivity (Wildman–Crippen MR) is 131 cm³/mol. The standard InChI is InChI=1S/C24H22N4O8S/c1-13-12-37-23-19(22(31)27(23)20(13)24(32)33)26-21(30)18(14-7-3-2-4-8-14)25-17(29)11-36-16-10-6-5-9-15(16)28(34)35/h2-10,18-19,23H,11-12H2,1H3,(H,25,29)(H,26,30)(H,32,33)/t18-,19?,23-/m0/s1. The number of fused-ring (bicyclic) bond motifs is 1. The number of aliphatic carboxylic acids is 1. The van der Waals surface area contributed by atoms with Gasteiger partial charge in [-0.25, -0.2) is 4.79 Å². The van der Waals surface area contributed by atoms with Gasteiger partial charge in [0.05, 0.1) is 4.92 Å². The van der Waals surface area contributed by atoms with Crippen molar-refractivity contribution in [3.8, 4) is 5.75 Å². The van der Waals surface area contributed by atoms with Crippen molar-refractivity contribution < 1.29 is 33.9 Å². The van der Waals surface area contributed by atoms with Crippen molar-refractivity contribution in [1.82, 2.24) is 15.5 Å². The first kappa shape index (κ1) is 25.7. The number of carbonyl (C=O) groups is 4. The smallest absolute Gasteiger partial charge is 0.352 e. The second-order valence-corrected chi connectivity index (χ2v) is 9.36. The average Bonchev–Trinajstić information content (AvgIpc) is 2.89. The molecule has 0 bridgehead atoms. The van der Waals surface area contributed by atoms with Gasteiger partial charge in [-0.3, -0.25) is 29.4 Å². The maximum absolute atomic E-state index is 13.2. The van der Waals surface area contributed by atoms with Crippen LogP contribution in [0.25, 0.3) is 0 Å². The van der Waals surface area contributed by atoms with E-state index in [1.165, 1.54) is 36.0 Å². The minimum atomic E-state index is -1.21. The highest BCUT2D eigenvalue weighted by molar-refractivity contribution is 8.00. The number of nitrogens with zero attached hydrogens (tertiary/aromatic N) is 2. The summed E-state index contributed by atoms with van der Waals surface area (Å²) in [6.07, 6.45) is 0. The number of rotatable bonds is 9. The fraction of sp³-hybridized carbons (Fsp3) is 0.250. The summed E-state index contributed by atoms with van der Waals surface area (Å²) in [5.41, 5.74) is 0.593. The van der Waals surface area contributed by atoms with Crippen LogP contribution in [0, 0.1) is 10.1 Å². The maximum Gasteiger partial charge on any atom is 0.352 e. The number of nitro groups is 1. The van der Waals surface area contributed by atoms with Crippen LogP contribution in [0.5, 0.6) is 5.75 Å². The van der Waals surface area contributed by atoms with Gasteiger partial charge in [-0.15, -0.1) is 11.8 Å². The van der Waals surface area contributed by atoms with Crippen LogP contribution in [0.1, 0.15) is 18.5 Å². The molecule has 4 rings (SSSR count). The maximum atomic E-state index is 13.2. The number of thioether (sulfide) groups is 1. The molecule has 2 aliphatic rings. The van der Waals surface area contributed by atoms with Gasteiger partial charge < -0.3 is 20.5 Å². The van der Waals surface area contributed by atoms with E-state index in [2.05, 4.69) is 10.6 Å². The Balaban J connectivity index is 1.46. The monoisotopic (exact) mass is 526 g/mol. The first-order valence-electron chi connectivity index (χ1n) is 11.1. The summed E-state index contributed by atoms with van der Waals surface area (Å²) in [5.74, 6) is -2.87. The molecule has 3 atom stereocenters. The van der Waals surface area contributed by atoms with Crippen molar-refractivity contribution in [2.45, 2.75) is 24.4 Å². The molecule has 3 N–H and O–H groups in total. The molecule has 0 aromatic heterocycles. The van der Waals surface area contributed by atoms with Crippen LogP contribution in [-0.2, 0) is 19.2 Å². The highest BCUT2D eigenvalue weighted by Gasteiger charge is 2.54. The fourth-order valence-corrected chi connectivity index (χ4v) is 5.33. The molecule has 0 saturated carbocycles. The van der Waals surface area contributed by atoms with E-state index in [0.717, 1.165) is 4.90 Å². The van der Waals surface area contributed by atoms with E-state index in [4.69, 9.17) is 4.74 Å². The Labute approximate surface area is 214 Å². The number of β-lactam (4-membered cyclic amide) rings is 1. The molecule has 37 heavy (non-hydrogen) atoms. The highest BCUT2D eigenvalue weighted by atomic mass is 32.2. The lowest BCUT2D eigenvalue weighted by Crippen LogP contribution is -2.71. The summed E-state index contributed by atoms with van der Waals surface area (Å²) >= 11 is 1.33. The van der Waals surface area contributed by atoms with E-state index in [9.17, 15) is 34.4 Å². The first-order valence-corrected chi connectivity index (χ1v) is 12.1. The predicted octanol–water partition coefficient (Wildman–Crippen LogP) is 1.59. The molecule has 0 aliphatic carbocycles. The Bertz CT molecular complexity index is 1300. The molecule has 0 spiro atoms. The molecule has 2 heterocycles. The van der Waals surface area contributed by atoms with E-state index < -0.39 is 52.7 Å². The Kier molecular flexibility index (Phi) is 7.43. The summed E-state index contributed by atoms with van der Waals surface area (Å²) in [5, 5.41) is 25.2. The van der Waals surface area contributed by atoms with Crippen molar-refractivity contribution in [1.29, 1.82) is 0 Å². The van der Waals surface area contributed by atoms with E-state index in [0.29, 0.717) is 16.9 Å². The van der Waals surface area contributed by atoms with Gasteiger partial charge in [0.15, 0.2) is 12.4 Å². The summed E-state index contributed by atoms with van der Waals surface area (Å²) in [6.45, 7) is 1.04. The molecule has 12 nitrogen and oxygen atoms in total. The van der Waals surface area contributed by atoms with E-state index in [1.54, 1.807) is 37.3 Å². The lowest BCUT2D eigenvalue weighted by molar-refractivity contribution is -0.385. The van der Waals surface area contributed by atoms with Gasteiger partial charge in [0.2, 0.25) is 5.91 Å². The van der Waals surface area contributed by atoms with Gasteiger partial charge >= 0.3 is 11.7 Å². The topological polar surface area (TPSA) is 168 Å². The van der Waals surface area contributed by atoms with Crippen LogP contribution < -0.4 is 15.4 Å². The minimum Gasteiger partial charge on any atom is -0.477 e. The van der Waals surface area contributed by atoms with Gasteiger partial charge in [-0.1, -0.05) is 42.5 Å². The van der Waals surface area contributed by atoms with Crippen LogP contribution in [0.4, 0.5) is 5.69 Å². The third kappa shape index (κ3) is 5.26. The summed E-state index contributed by atoms with van der Waals surface area (Å²) in [4.78, 5) is 62.0. The molecule has 1 unspecified atom stereocenters. The average molecular weight is 527 g/mol. The van der Waals surface area contributed by atoms with Crippen LogP contribution in [0.15, 0.2) is 65.9 Å². The molecule has 2 aromatic rings. The van der Waals surface area contributed by atoms with Gasteiger partial charge in [0.25, 0.3) is 11.8 Å². The van der Waals surface area contributed by atoms with E-state index >= 15 is 0 Å². The van der Waals surface area contributed by atoms with Crippen LogP contribution in [0.3, 0.4) is 0 Å². The number of carboxylic acids is 1. The second-order valence-electron chi connectivity index (χ2n) is 8.25. The van der Waals surface area contributed by atoms with Crippen molar-refractivity contribution in [3.05, 3.63) is 81.5 Å². The number of carbonyl (C=O) groups excluding carboxylic acids is 3. The number of amides is 3. The molecule has 2 aromatic carbocycles. The molecule has 0 radical (unpaired) electrons. The zero-order valence-electron chi connectivity index (χ0n) is 19.5. The molecule has 3 amide bonds. The largest absolute Gasteiger partial charge is 0.477 e. The third-order valence-corrected chi connectivity index (χ3v) is 7.20. The number of nitrogens with one attached hydrogen (secondary N) is 2. The van der Waals surface area contributed by atoms with Crippen molar-refractivity contribution in [2.75, 3.05) is 12.4 Å². The first-order chi connectivity index (χ1) is 17.7. The summed E-state index contributed by atoms with van der Waals surface area (Å²) < 4.78 is 5.31. The van der Waals surface area contributed by atoms with E-state index in [-0.39, 0.29) is 17.1 Å². The van der Waals surface area contributed by atoms with Crippen molar-refractivity contribution in [2.24, 2.45) is 0 Å². The van der Waals surface area contributed by atoms with Gasteiger partial charge in [-0.2, -0.15) is 0 Å². The molecular weight excluding hydrogens is 504 g/mol. The second kappa shape index (κ2) is 10.7. The number of ether oxygens (including phenoxy) is 1. The Morgan fingerprint density at radius 2 is 1.86 bits per heavy atom. The zero-order valence-corrected chi connectivity index (χ0v) is 20.3. The molecule has 1 saturated heterocycles. The molecule has 13 heteroatoms. The van der Waals surface area contributed by atoms with Gasteiger partial charge in [0.1, 0.15) is 23.2 Å². The summed E-state index contributed by atoms with van der Waals surface area (Å²) in [6, 6.07) is 11.7. The van der Waals surface area contributed by atoms with Crippen LogP contribution >= 0.6 is 11.8 Å². The normalized spacial score (nSPS) is 19.3. The third-order valence-electron chi connectivity index (χ3n) is 5.78. The van der Waals surface area contributed by atoms with Crippen LogP contribution in [-0.4, -0.2) is 62.4 Å². The van der Waals surface area contributed by atoms with Gasteiger partial charge in [0, 0.05) is 11.8 Å². The number of benzene rings is 2. The SMILES string of the molecule is CC1=C(C(=O)O)N2C(=O)C(NC(=O)[C@@H](NC(=O)COc3ccccc3[N+](=O)[O-])c3ccccc3)[C@@H]2SC1. The van der Waals surface area contributed by atoms with E-state index in [1.807, 2.05) is 0 Å². The number of hydrogen-bond acceptors (Lipinski definition) is 8. The van der Waals surface area contributed by atoms with Crippen molar-refractivity contribution >= 4 is 41.1 Å². The minimum absolute atomic E-state index is 0.0840. The van der Waals surface area contributed by atoms with Crippen molar-refractivity contribution in [3.63, 3.8) is 0 Å². The molecule has 1 fully saturated rings. The lowest BCUT2D eigenvalue weighted by Gasteiger charge is -2.49. The zero-order chi connectivity index (χ0) is 26.7. The molecular formula is C24H22N4O8S. The Morgan fingerprint density at radius 1 is 1.19 bits per heavy atom. The quantitative estimate of drug-likeness (QED) is 0.250. The molecule has 192 valence electrons. The number of nitro benzene ring substituents is 1. The summed E-state index contributed by atoms with van der Waals surface area (Å²) in [7, 11) is 0. The molecule has 2 aliphatic heterocycles. The Hall–Kier alpha value is -4.39. The van der Waals surface area contributed by atoms with Crippen LogP contribution in [0.2, 0.25) is 0 Å². The van der Waals surface area contributed by atoms with Gasteiger partial charge in [-0.05, 0) is 24.1 Å².